The van der Waals surface area contributed by atoms with Crippen molar-refractivity contribution in [1.82, 2.24) is 0 Å². The highest BCUT2D eigenvalue weighted by Crippen LogP contribution is 2.47. The van der Waals surface area contributed by atoms with Gasteiger partial charge in [-0.15, -0.1) is 0 Å². The van der Waals surface area contributed by atoms with Gasteiger partial charge in [-0.3, -0.25) is 0 Å². The number of hydrogen-bond acceptors (Lipinski definition) is 4. The summed E-state index contributed by atoms with van der Waals surface area (Å²) in [5.41, 5.74) is -3.48. The second-order valence-electron chi connectivity index (χ2n) is 5.72. The number of hydrogen-bond donors (Lipinski definition) is 4. The molecule has 0 aliphatic heterocycles. The highest BCUT2D eigenvalue weighted by Gasteiger charge is 2.57. The van der Waals surface area contributed by atoms with E-state index in [1.165, 1.54) is 0 Å². The van der Waals surface area contributed by atoms with E-state index in [-0.39, 0.29) is 22.6 Å². The smallest absolute Gasteiger partial charge is 0.404 e. The summed E-state index contributed by atoms with van der Waals surface area (Å²) in [5.74, 6) is -2.38. The Hall–Kier alpha value is -3.82. The van der Waals surface area contributed by atoms with Gasteiger partial charge in [0.1, 0.15) is 23.6 Å². The number of rotatable bonds is 5. The molecular weight excluding hydrogens is 424 g/mol. The van der Waals surface area contributed by atoms with E-state index in [1.54, 1.807) is 0 Å². The summed E-state index contributed by atoms with van der Waals surface area (Å²) >= 11 is 0. The summed E-state index contributed by atoms with van der Waals surface area (Å²) in [6.45, 7) is 4.23. The zero-order chi connectivity index (χ0) is 24.2. The third-order valence-corrected chi connectivity index (χ3v) is 3.75. The quantitative estimate of drug-likeness (QED) is 0.401. The number of alkyl halides is 4. The molecule has 4 N–H and O–H groups in total. The molecule has 0 saturated heterocycles. The van der Waals surface area contributed by atoms with Crippen LogP contribution in [0.3, 0.4) is 0 Å². The lowest BCUT2D eigenvalue weighted by Gasteiger charge is -2.34. The van der Waals surface area contributed by atoms with Gasteiger partial charge in [0, 0.05) is 12.2 Å². The molecule has 2 rings (SSSR count). The van der Waals surface area contributed by atoms with Crippen LogP contribution in [0.15, 0.2) is 73.8 Å². The molecule has 0 radical (unpaired) electrons. The Bertz CT molecular complexity index is 811. The van der Waals surface area contributed by atoms with Crippen molar-refractivity contribution in [2.45, 2.75) is 11.6 Å². The Balaban J connectivity index is 0.000000752. The molecule has 0 spiro atoms. The standard InChI is InChI=1S/C15H12F4O2.2C3H4O2/c16-9-14(15(17,18)19,10-1-5-12(20)6-2-10)11-3-7-13(21)8-4-11;2*1-2-3(4)5/h1-8,20-21H,9H2;2*2H,1H2,(H,4,5). The summed E-state index contributed by atoms with van der Waals surface area (Å²) in [6, 6.07) is 8.45. The van der Waals surface area contributed by atoms with Gasteiger partial charge in [0.15, 0.2) is 0 Å². The molecular formula is C21H20F4O6. The van der Waals surface area contributed by atoms with Crippen LogP contribution in [0, 0.1) is 0 Å². The first-order valence-corrected chi connectivity index (χ1v) is 8.28. The first-order valence-electron chi connectivity index (χ1n) is 8.28. The SMILES string of the molecule is C=CC(=O)O.C=CC(=O)O.Oc1ccc(C(CF)(c2ccc(O)cc2)C(F)(F)F)cc1. The summed E-state index contributed by atoms with van der Waals surface area (Å²) in [6.07, 6.45) is -3.21. The number of aromatic hydroxyl groups is 2. The van der Waals surface area contributed by atoms with Gasteiger partial charge in [-0.2, -0.15) is 13.2 Å². The number of phenolic OH excluding ortho intramolecular Hbond substituents is 2. The van der Waals surface area contributed by atoms with Crippen LogP contribution in [0.5, 0.6) is 11.5 Å². The average Bonchev–Trinajstić information content (AvgIpc) is 2.71. The van der Waals surface area contributed by atoms with E-state index >= 15 is 0 Å². The number of carbonyl (C=O) groups is 2. The molecule has 0 atom stereocenters. The molecule has 0 unspecified atom stereocenters. The first kappa shape index (κ1) is 27.2. The number of halogens is 4. The van der Waals surface area contributed by atoms with Gasteiger partial charge < -0.3 is 20.4 Å². The maximum atomic E-state index is 13.6. The molecule has 31 heavy (non-hydrogen) atoms. The van der Waals surface area contributed by atoms with E-state index in [0.29, 0.717) is 0 Å². The van der Waals surface area contributed by atoms with Crippen molar-refractivity contribution < 1.29 is 47.6 Å². The van der Waals surface area contributed by atoms with Crippen LogP contribution in [-0.4, -0.2) is 45.2 Å². The number of carboxylic acid groups (broad SMARTS) is 2. The van der Waals surface area contributed by atoms with Crippen LogP contribution in [0.1, 0.15) is 11.1 Å². The molecule has 2 aromatic carbocycles. The molecule has 0 amide bonds. The van der Waals surface area contributed by atoms with Crippen LogP contribution >= 0.6 is 0 Å². The molecule has 0 fully saturated rings. The Morgan fingerprint density at radius 1 is 0.774 bits per heavy atom. The van der Waals surface area contributed by atoms with Gasteiger partial charge in [-0.1, -0.05) is 37.4 Å². The van der Waals surface area contributed by atoms with E-state index < -0.39 is 30.2 Å². The minimum Gasteiger partial charge on any atom is -0.508 e. The molecule has 2 aromatic rings. The lowest BCUT2D eigenvalue weighted by molar-refractivity contribution is -0.182. The van der Waals surface area contributed by atoms with Crippen molar-refractivity contribution in [1.29, 1.82) is 0 Å². The van der Waals surface area contributed by atoms with Gasteiger partial charge in [-0.05, 0) is 35.4 Å². The van der Waals surface area contributed by atoms with E-state index in [2.05, 4.69) is 13.2 Å². The zero-order valence-corrected chi connectivity index (χ0v) is 16.0. The van der Waals surface area contributed by atoms with Gasteiger partial charge >= 0.3 is 18.1 Å². The molecule has 10 heteroatoms. The van der Waals surface area contributed by atoms with Crippen molar-refractivity contribution in [3.8, 4) is 11.5 Å². The van der Waals surface area contributed by atoms with Crippen molar-refractivity contribution in [3.63, 3.8) is 0 Å². The molecule has 0 aliphatic carbocycles. The maximum absolute atomic E-state index is 13.6. The Morgan fingerprint density at radius 2 is 1.03 bits per heavy atom. The third-order valence-electron chi connectivity index (χ3n) is 3.75. The number of aliphatic carboxylic acids is 2. The van der Waals surface area contributed by atoms with Crippen molar-refractivity contribution in [3.05, 3.63) is 85.0 Å². The highest BCUT2D eigenvalue weighted by molar-refractivity contribution is 5.79. The van der Waals surface area contributed by atoms with Crippen LogP contribution in [0.2, 0.25) is 0 Å². The number of carboxylic acids is 2. The van der Waals surface area contributed by atoms with Crippen LogP contribution in [-0.2, 0) is 15.0 Å². The largest absolute Gasteiger partial charge is 0.508 e. The van der Waals surface area contributed by atoms with E-state index in [4.69, 9.17) is 10.2 Å². The Kier molecular flexibility index (Phi) is 10.5. The monoisotopic (exact) mass is 444 g/mol. The fourth-order valence-corrected chi connectivity index (χ4v) is 2.22. The van der Waals surface area contributed by atoms with Gasteiger partial charge in [0.25, 0.3) is 0 Å². The van der Waals surface area contributed by atoms with Crippen LogP contribution in [0.4, 0.5) is 17.6 Å². The van der Waals surface area contributed by atoms with Crippen molar-refractivity contribution in [2.24, 2.45) is 0 Å². The van der Waals surface area contributed by atoms with Crippen molar-refractivity contribution >= 4 is 11.9 Å². The van der Waals surface area contributed by atoms with E-state index in [1.807, 2.05) is 0 Å². The maximum Gasteiger partial charge on any atom is 0.404 e. The zero-order valence-electron chi connectivity index (χ0n) is 16.0. The van der Waals surface area contributed by atoms with Crippen LogP contribution < -0.4 is 0 Å². The molecule has 0 aliphatic rings. The lowest BCUT2D eigenvalue weighted by Crippen LogP contribution is -2.45. The summed E-state index contributed by atoms with van der Waals surface area (Å²) in [5, 5.41) is 33.6. The highest BCUT2D eigenvalue weighted by atomic mass is 19.4. The fourth-order valence-electron chi connectivity index (χ4n) is 2.22. The molecule has 0 saturated carbocycles. The van der Waals surface area contributed by atoms with E-state index in [0.717, 1.165) is 60.7 Å². The number of benzene rings is 2. The summed E-state index contributed by atoms with van der Waals surface area (Å²) in [4.78, 5) is 18.5. The van der Waals surface area contributed by atoms with Gasteiger partial charge in [0.05, 0.1) is 0 Å². The minimum absolute atomic E-state index is 0.209. The van der Waals surface area contributed by atoms with E-state index in [9.17, 15) is 37.4 Å². The average molecular weight is 444 g/mol. The summed E-state index contributed by atoms with van der Waals surface area (Å²) in [7, 11) is 0. The first-order chi connectivity index (χ1) is 14.3. The topological polar surface area (TPSA) is 115 Å². The van der Waals surface area contributed by atoms with Gasteiger partial charge in [0.2, 0.25) is 0 Å². The Labute approximate surface area is 175 Å². The predicted molar refractivity (Wildman–Crippen MR) is 105 cm³/mol. The van der Waals surface area contributed by atoms with Gasteiger partial charge in [-0.25, -0.2) is 14.0 Å². The summed E-state index contributed by atoms with van der Waals surface area (Å²) < 4.78 is 54.3. The fraction of sp³-hybridized carbons (Fsp3) is 0.143. The second-order valence-corrected chi connectivity index (χ2v) is 5.72. The minimum atomic E-state index is -4.88. The Morgan fingerprint density at radius 3 is 1.19 bits per heavy atom. The molecule has 0 aromatic heterocycles. The molecule has 0 heterocycles. The molecule has 0 bridgehead atoms. The molecule has 6 nitrogen and oxygen atoms in total. The lowest BCUT2D eigenvalue weighted by atomic mass is 9.74. The van der Waals surface area contributed by atoms with Crippen LogP contribution in [0.25, 0.3) is 0 Å². The second kappa shape index (κ2) is 12.0. The predicted octanol–water partition coefficient (Wildman–Crippen LogP) is 4.43. The third kappa shape index (κ3) is 7.84. The molecule has 168 valence electrons. The number of phenols is 2. The normalized spacial score (nSPS) is 10.5. The van der Waals surface area contributed by atoms with Crippen molar-refractivity contribution in [2.75, 3.05) is 6.67 Å².